The summed E-state index contributed by atoms with van der Waals surface area (Å²) in [6.07, 6.45) is 1.64. The summed E-state index contributed by atoms with van der Waals surface area (Å²) >= 11 is 0. The van der Waals surface area contributed by atoms with E-state index in [0.717, 1.165) is 16.7 Å². The molecule has 0 saturated heterocycles. The van der Waals surface area contributed by atoms with Crippen molar-refractivity contribution in [3.8, 4) is 17.0 Å². The molecule has 1 N–H and O–H groups in total. The Labute approximate surface area is 140 Å². The molecular weight excluding hydrogens is 302 g/mol. The van der Waals surface area contributed by atoms with E-state index in [1.807, 2.05) is 49.4 Å². The number of aromatic carboxylic acids is 1. The van der Waals surface area contributed by atoms with Gasteiger partial charge in [0.25, 0.3) is 0 Å². The van der Waals surface area contributed by atoms with E-state index in [2.05, 4.69) is 4.98 Å². The number of hydrogen-bond acceptors (Lipinski definition) is 3. The predicted molar refractivity (Wildman–Crippen MR) is 92.1 cm³/mol. The molecule has 120 valence electrons. The molecule has 0 aliphatic rings. The lowest BCUT2D eigenvalue weighted by Gasteiger charge is -2.09. The molecule has 0 unspecified atom stereocenters. The lowest BCUT2D eigenvalue weighted by atomic mass is 9.99. The van der Waals surface area contributed by atoms with Gasteiger partial charge in [0.1, 0.15) is 6.61 Å². The van der Waals surface area contributed by atoms with Crippen LogP contribution < -0.4 is 4.74 Å². The molecule has 2 aromatic carbocycles. The van der Waals surface area contributed by atoms with Crippen molar-refractivity contribution in [2.45, 2.75) is 13.5 Å². The number of carboxylic acids is 1. The third kappa shape index (κ3) is 3.60. The first-order chi connectivity index (χ1) is 11.6. The van der Waals surface area contributed by atoms with Crippen molar-refractivity contribution in [1.29, 1.82) is 0 Å². The summed E-state index contributed by atoms with van der Waals surface area (Å²) in [4.78, 5) is 15.7. The van der Waals surface area contributed by atoms with Gasteiger partial charge in [0.05, 0.1) is 5.56 Å². The summed E-state index contributed by atoms with van der Waals surface area (Å²) in [5, 5.41) is 9.37. The second-order valence-electron chi connectivity index (χ2n) is 5.51. The second-order valence-corrected chi connectivity index (χ2v) is 5.51. The Bertz CT molecular complexity index is 843. The zero-order chi connectivity index (χ0) is 16.9. The summed E-state index contributed by atoms with van der Waals surface area (Å²) in [6.45, 7) is 2.31. The molecular formula is C20H17NO3. The minimum absolute atomic E-state index is 0.273. The molecule has 0 fully saturated rings. The summed E-state index contributed by atoms with van der Waals surface area (Å²) in [7, 11) is 0. The van der Waals surface area contributed by atoms with E-state index in [-0.39, 0.29) is 5.56 Å². The van der Waals surface area contributed by atoms with Gasteiger partial charge < -0.3 is 9.84 Å². The zero-order valence-electron chi connectivity index (χ0n) is 13.3. The van der Waals surface area contributed by atoms with Crippen LogP contribution in [0.5, 0.6) is 5.88 Å². The van der Waals surface area contributed by atoms with Crippen LogP contribution in [-0.4, -0.2) is 16.1 Å². The highest BCUT2D eigenvalue weighted by molar-refractivity contribution is 5.96. The number of benzene rings is 2. The van der Waals surface area contributed by atoms with Crippen molar-refractivity contribution in [1.82, 2.24) is 4.98 Å². The van der Waals surface area contributed by atoms with E-state index >= 15 is 0 Å². The fourth-order valence-electron chi connectivity index (χ4n) is 2.44. The van der Waals surface area contributed by atoms with Gasteiger partial charge in [0.2, 0.25) is 5.88 Å². The Balaban J connectivity index is 1.79. The molecule has 1 heterocycles. The van der Waals surface area contributed by atoms with Gasteiger partial charge in [-0.05, 0) is 30.2 Å². The van der Waals surface area contributed by atoms with Crippen LogP contribution in [0.4, 0.5) is 0 Å². The van der Waals surface area contributed by atoms with Crippen molar-refractivity contribution in [3.63, 3.8) is 0 Å². The van der Waals surface area contributed by atoms with Gasteiger partial charge in [-0.25, -0.2) is 9.78 Å². The number of carbonyl (C=O) groups is 1. The minimum atomic E-state index is -0.946. The van der Waals surface area contributed by atoms with Gasteiger partial charge in [-0.3, -0.25) is 0 Å². The van der Waals surface area contributed by atoms with Crippen LogP contribution >= 0.6 is 0 Å². The number of aromatic nitrogens is 1. The number of pyridine rings is 1. The van der Waals surface area contributed by atoms with Crippen LogP contribution in [0.15, 0.2) is 66.9 Å². The first-order valence-electron chi connectivity index (χ1n) is 7.60. The first-order valence-corrected chi connectivity index (χ1v) is 7.60. The van der Waals surface area contributed by atoms with E-state index in [0.29, 0.717) is 18.1 Å². The number of carboxylic acid groups (broad SMARTS) is 1. The highest BCUT2D eigenvalue weighted by Crippen LogP contribution is 2.25. The molecule has 4 nitrogen and oxygen atoms in total. The van der Waals surface area contributed by atoms with E-state index in [1.165, 1.54) is 0 Å². The van der Waals surface area contributed by atoms with Crippen molar-refractivity contribution < 1.29 is 14.6 Å². The third-order valence-corrected chi connectivity index (χ3v) is 3.68. The number of nitrogens with zero attached hydrogens (tertiary/aromatic N) is 1. The summed E-state index contributed by atoms with van der Waals surface area (Å²) in [5.74, 6) is -0.440. The first kappa shape index (κ1) is 15.7. The molecule has 0 saturated carbocycles. The summed E-state index contributed by atoms with van der Waals surface area (Å²) < 4.78 is 5.65. The Kier molecular flexibility index (Phi) is 4.57. The van der Waals surface area contributed by atoms with Gasteiger partial charge in [-0.15, -0.1) is 0 Å². The van der Waals surface area contributed by atoms with Crippen LogP contribution in [0.3, 0.4) is 0 Å². The van der Waals surface area contributed by atoms with E-state index in [9.17, 15) is 9.90 Å². The Morgan fingerprint density at radius 1 is 1.08 bits per heavy atom. The topological polar surface area (TPSA) is 59.4 Å². The molecule has 0 aliphatic carbocycles. The van der Waals surface area contributed by atoms with E-state index in [1.54, 1.807) is 24.4 Å². The Morgan fingerprint density at radius 3 is 2.54 bits per heavy atom. The van der Waals surface area contributed by atoms with Crippen LogP contribution in [0.1, 0.15) is 21.5 Å². The van der Waals surface area contributed by atoms with Crippen molar-refractivity contribution in [2.24, 2.45) is 0 Å². The average molecular weight is 319 g/mol. The zero-order valence-corrected chi connectivity index (χ0v) is 13.3. The summed E-state index contributed by atoms with van der Waals surface area (Å²) in [6, 6.07) is 18.8. The van der Waals surface area contributed by atoms with Crippen molar-refractivity contribution in [2.75, 3.05) is 0 Å². The number of hydrogen-bond donors (Lipinski definition) is 1. The molecule has 3 aromatic rings. The Hall–Kier alpha value is -3.14. The molecule has 24 heavy (non-hydrogen) atoms. The maximum Gasteiger partial charge on any atom is 0.336 e. The molecule has 4 heteroatoms. The Morgan fingerprint density at radius 2 is 1.88 bits per heavy atom. The van der Waals surface area contributed by atoms with Crippen molar-refractivity contribution >= 4 is 5.97 Å². The average Bonchev–Trinajstić information content (AvgIpc) is 2.61. The van der Waals surface area contributed by atoms with Gasteiger partial charge in [-0.1, -0.05) is 48.0 Å². The second kappa shape index (κ2) is 6.96. The largest absolute Gasteiger partial charge is 0.478 e. The predicted octanol–water partition coefficient (Wildman–Crippen LogP) is 4.33. The lowest BCUT2D eigenvalue weighted by molar-refractivity contribution is 0.0697. The number of ether oxygens (including phenoxy) is 1. The third-order valence-electron chi connectivity index (χ3n) is 3.68. The minimum Gasteiger partial charge on any atom is -0.478 e. The van der Waals surface area contributed by atoms with Crippen LogP contribution in [0.2, 0.25) is 0 Å². The fourth-order valence-corrected chi connectivity index (χ4v) is 2.44. The SMILES string of the molecule is Cc1ccc(-c2ccc(OCc3ccccc3)nc2)c(C(=O)O)c1. The molecule has 1 aromatic heterocycles. The van der Waals surface area contributed by atoms with Gasteiger partial charge >= 0.3 is 5.97 Å². The van der Waals surface area contributed by atoms with Crippen molar-refractivity contribution in [3.05, 3.63) is 83.6 Å². The quantitative estimate of drug-likeness (QED) is 0.760. The summed E-state index contributed by atoms with van der Waals surface area (Å²) in [5.41, 5.74) is 3.64. The molecule has 0 amide bonds. The van der Waals surface area contributed by atoms with Gasteiger partial charge in [-0.2, -0.15) is 0 Å². The number of rotatable bonds is 5. The molecule has 0 bridgehead atoms. The molecule has 3 rings (SSSR count). The smallest absolute Gasteiger partial charge is 0.336 e. The molecule has 0 spiro atoms. The maximum absolute atomic E-state index is 11.4. The molecule has 0 aliphatic heterocycles. The van der Waals surface area contributed by atoms with Crippen LogP contribution in [0, 0.1) is 6.92 Å². The van der Waals surface area contributed by atoms with E-state index < -0.39 is 5.97 Å². The maximum atomic E-state index is 11.4. The molecule has 0 atom stereocenters. The number of aryl methyl sites for hydroxylation is 1. The molecule has 0 radical (unpaired) electrons. The highest BCUT2D eigenvalue weighted by atomic mass is 16.5. The van der Waals surface area contributed by atoms with Gasteiger partial charge in [0, 0.05) is 17.8 Å². The monoisotopic (exact) mass is 319 g/mol. The highest BCUT2D eigenvalue weighted by Gasteiger charge is 2.12. The lowest BCUT2D eigenvalue weighted by Crippen LogP contribution is -2.01. The normalized spacial score (nSPS) is 10.4. The van der Waals surface area contributed by atoms with Crippen LogP contribution in [0.25, 0.3) is 11.1 Å². The van der Waals surface area contributed by atoms with Gasteiger partial charge in [0.15, 0.2) is 0 Å². The van der Waals surface area contributed by atoms with Crippen LogP contribution in [-0.2, 0) is 6.61 Å². The standard InChI is InChI=1S/C20H17NO3/c1-14-7-9-17(18(11-14)20(22)23)16-8-10-19(21-12-16)24-13-15-5-3-2-4-6-15/h2-12H,13H2,1H3,(H,22,23). The fraction of sp³-hybridized carbons (Fsp3) is 0.100. The van der Waals surface area contributed by atoms with E-state index in [4.69, 9.17) is 4.74 Å².